The van der Waals surface area contributed by atoms with E-state index in [4.69, 9.17) is 4.74 Å². The number of benzene rings is 2. The van der Waals surface area contributed by atoms with E-state index in [-0.39, 0.29) is 11.6 Å². The molecule has 0 bridgehead atoms. The number of para-hydroxylation sites is 1. The summed E-state index contributed by atoms with van der Waals surface area (Å²) in [5.41, 5.74) is 5.15. The van der Waals surface area contributed by atoms with Crippen LogP contribution in [-0.4, -0.2) is 28.2 Å². The van der Waals surface area contributed by atoms with Crippen molar-refractivity contribution in [3.63, 3.8) is 0 Å². The van der Waals surface area contributed by atoms with Crippen molar-refractivity contribution in [1.82, 2.24) is 4.57 Å². The minimum atomic E-state index is -0.455. The molecule has 162 valence electrons. The Kier molecular flexibility index (Phi) is 5.36. The van der Waals surface area contributed by atoms with Gasteiger partial charge in [-0.1, -0.05) is 18.2 Å². The fourth-order valence-electron chi connectivity index (χ4n) is 3.85. The van der Waals surface area contributed by atoms with Gasteiger partial charge in [0.15, 0.2) is 0 Å². The number of ether oxygens (including phenoxy) is 1. The minimum absolute atomic E-state index is 0.0419. The second-order valence-electron chi connectivity index (χ2n) is 7.47. The largest absolute Gasteiger partial charge is 0.494 e. The number of nitro groups is 1. The van der Waals surface area contributed by atoms with Crippen LogP contribution < -0.4 is 9.75 Å². The van der Waals surface area contributed by atoms with E-state index in [2.05, 4.69) is 5.10 Å². The number of hydrogen-bond acceptors (Lipinski definition) is 5. The van der Waals surface area contributed by atoms with Gasteiger partial charge in [-0.25, -0.2) is 0 Å². The zero-order valence-corrected chi connectivity index (χ0v) is 18.2. The lowest BCUT2D eigenvalue weighted by molar-refractivity contribution is -0.384. The number of methoxy groups -OCH3 is 1. The summed E-state index contributed by atoms with van der Waals surface area (Å²) in [7, 11) is 1.48. The molecule has 0 unspecified atom stereocenters. The van der Waals surface area contributed by atoms with Crippen LogP contribution in [0.5, 0.6) is 5.75 Å². The van der Waals surface area contributed by atoms with E-state index in [0.717, 1.165) is 17.0 Å². The Morgan fingerprint density at radius 3 is 2.44 bits per heavy atom. The minimum Gasteiger partial charge on any atom is -0.494 e. The van der Waals surface area contributed by atoms with E-state index >= 15 is 0 Å². The molecule has 1 aromatic heterocycles. The van der Waals surface area contributed by atoms with Crippen LogP contribution in [0.25, 0.3) is 11.8 Å². The van der Waals surface area contributed by atoms with Gasteiger partial charge in [0.05, 0.1) is 40.8 Å². The maximum absolute atomic E-state index is 13.0. The molecular formula is C24H22N4O4. The molecule has 0 fully saturated rings. The maximum Gasteiger partial charge on any atom is 0.280 e. The highest BCUT2D eigenvalue weighted by atomic mass is 16.6. The van der Waals surface area contributed by atoms with Crippen molar-refractivity contribution < 1.29 is 14.5 Å². The van der Waals surface area contributed by atoms with Crippen LogP contribution in [0.1, 0.15) is 23.9 Å². The highest BCUT2D eigenvalue weighted by Gasteiger charge is 2.29. The number of non-ortho nitro benzene ring substituents is 1. The molecule has 32 heavy (non-hydrogen) atoms. The quantitative estimate of drug-likeness (QED) is 0.330. The van der Waals surface area contributed by atoms with Gasteiger partial charge in [-0.05, 0) is 56.7 Å². The lowest BCUT2D eigenvalue weighted by Gasteiger charge is -2.14. The summed E-state index contributed by atoms with van der Waals surface area (Å²) in [5, 5.41) is 17.0. The van der Waals surface area contributed by atoms with Gasteiger partial charge in [0, 0.05) is 17.5 Å². The lowest BCUT2D eigenvalue weighted by Crippen LogP contribution is -2.21. The summed E-state index contributed by atoms with van der Waals surface area (Å²) in [6.07, 6.45) is 1.83. The van der Waals surface area contributed by atoms with E-state index in [0.29, 0.717) is 28.4 Å². The molecule has 0 aliphatic carbocycles. The van der Waals surface area contributed by atoms with Crippen LogP contribution in [0.2, 0.25) is 0 Å². The predicted octanol–water partition coefficient (Wildman–Crippen LogP) is 4.82. The molecule has 0 atom stereocenters. The zero-order chi connectivity index (χ0) is 23.0. The molecule has 1 aliphatic heterocycles. The Balaban J connectivity index is 1.75. The molecule has 8 heteroatoms. The Morgan fingerprint density at radius 1 is 1.06 bits per heavy atom. The molecule has 1 aliphatic rings. The van der Waals surface area contributed by atoms with Crippen LogP contribution >= 0.6 is 0 Å². The van der Waals surface area contributed by atoms with E-state index in [1.54, 1.807) is 6.07 Å². The summed E-state index contributed by atoms with van der Waals surface area (Å²) in [5.74, 6) is 0.205. The normalized spacial score (nSPS) is 14.8. The summed E-state index contributed by atoms with van der Waals surface area (Å²) >= 11 is 0. The third-order valence-electron chi connectivity index (χ3n) is 5.45. The number of nitrogens with zero attached hydrogens (tertiary/aromatic N) is 4. The lowest BCUT2D eigenvalue weighted by atomic mass is 10.1. The fourth-order valence-corrected chi connectivity index (χ4v) is 3.85. The number of hydrogen-bond donors (Lipinski definition) is 0. The second kappa shape index (κ2) is 8.14. The molecule has 0 saturated heterocycles. The van der Waals surface area contributed by atoms with E-state index < -0.39 is 4.92 Å². The first-order chi connectivity index (χ1) is 15.3. The number of anilines is 1. The van der Waals surface area contributed by atoms with Crippen LogP contribution in [-0.2, 0) is 4.79 Å². The molecule has 4 rings (SSSR count). The Labute approximate surface area is 185 Å². The number of carbonyl (C=O) groups is 1. The molecule has 2 heterocycles. The van der Waals surface area contributed by atoms with Gasteiger partial charge >= 0.3 is 0 Å². The number of nitro benzene ring substituents is 1. The maximum atomic E-state index is 13.0. The van der Waals surface area contributed by atoms with E-state index in [1.807, 2.05) is 67.8 Å². The van der Waals surface area contributed by atoms with Crippen molar-refractivity contribution in [2.45, 2.75) is 20.8 Å². The second-order valence-corrected chi connectivity index (χ2v) is 7.47. The van der Waals surface area contributed by atoms with Gasteiger partial charge in [-0.15, -0.1) is 0 Å². The first kappa shape index (κ1) is 21.0. The van der Waals surface area contributed by atoms with Crippen molar-refractivity contribution in [3.05, 3.63) is 87.2 Å². The van der Waals surface area contributed by atoms with E-state index in [9.17, 15) is 14.9 Å². The van der Waals surface area contributed by atoms with Crippen LogP contribution in [0, 0.1) is 24.0 Å². The van der Waals surface area contributed by atoms with Gasteiger partial charge in [0.25, 0.3) is 11.6 Å². The summed E-state index contributed by atoms with van der Waals surface area (Å²) in [4.78, 5) is 23.7. The van der Waals surface area contributed by atoms with Crippen LogP contribution in [0.3, 0.4) is 0 Å². The van der Waals surface area contributed by atoms with Crippen LogP contribution in [0.15, 0.2) is 65.3 Å². The molecule has 1 amide bonds. The number of aryl methyl sites for hydroxylation is 1. The van der Waals surface area contributed by atoms with E-state index in [1.165, 1.54) is 24.3 Å². The highest BCUT2D eigenvalue weighted by Crippen LogP contribution is 2.33. The molecule has 0 N–H and O–H groups in total. The van der Waals surface area contributed by atoms with Crippen molar-refractivity contribution in [2.24, 2.45) is 5.10 Å². The zero-order valence-electron chi connectivity index (χ0n) is 18.2. The van der Waals surface area contributed by atoms with Crippen LogP contribution in [0.4, 0.5) is 11.4 Å². The van der Waals surface area contributed by atoms with Gasteiger partial charge in [-0.3, -0.25) is 14.9 Å². The first-order valence-corrected chi connectivity index (χ1v) is 10.0. The summed E-state index contributed by atoms with van der Waals surface area (Å²) in [6.45, 7) is 5.68. The molecule has 0 saturated carbocycles. The van der Waals surface area contributed by atoms with Crippen molar-refractivity contribution in [3.8, 4) is 11.4 Å². The average Bonchev–Trinajstić information content (AvgIpc) is 3.23. The molecule has 3 aromatic rings. The topological polar surface area (TPSA) is 90.0 Å². The van der Waals surface area contributed by atoms with Crippen molar-refractivity contribution in [2.75, 3.05) is 12.1 Å². The predicted molar refractivity (Wildman–Crippen MR) is 123 cm³/mol. The third kappa shape index (κ3) is 3.56. The SMILES string of the molecule is COc1cc([N+](=O)[O-])ccc1-n1c(C)cc(C=C2C(=O)N(c3ccccc3)N=C2C)c1C. The highest BCUT2D eigenvalue weighted by molar-refractivity contribution is 6.32. The number of hydrazone groups is 1. The smallest absolute Gasteiger partial charge is 0.280 e. The van der Waals surface area contributed by atoms with Crippen molar-refractivity contribution >= 4 is 29.1 Å². The van der Waals surface area contributed by atoms with Crippen molar-refractivity contribution in [1.29, 1.82) is 0 Å². The van der Waals surface area contributed by atoms with Gasteiger partial charge < -0.3 is 9.30 Å². The Hall–Kier alpha value is -4.20. The number of aromatic nitrogens is 1. The third-order valence-corrected chi connectivity index (χ3v) is 5.45. The Morgan fingerprint density at radius 2 is 1.78 bits per heavy atom. The molecule has 8 nitrogen and oxygen atoms in total. The first-order valence-electron chi connectivity index (χ1n) is 10.0. The fraction of sp³-hybridized carbons (Fsp3) is 0.167. The average molecular weight is 430 g/mol. The molecule has 0 spiro atoms. The summed E-state index contributed by atoms with van der Waals surface area (Å²) in [6, 6.07) is 15.8. The standard InChI is InChI=1S/C24H22N4O4/c1-15-12-18(13-21-16(2)25-27(24(21)29)19-8-6-5-7-9-19)17(3)26(15)22-11-10-20(28(30)31)14-23(22)32-4/h5-14H,1-4H3. The number of amides is 1. The molecular weight excluding hydrogens is 408 g/mol. The Bertz CT molecular complexity index is 1290. The monoisotopic (exact) mass is 430 g/mol. The van der Waals surface area contributed by atoms with Gasteiger partial charge in [0.1, 0.15) is 5.75 Å². The number of carbonyl (C=O) groups excluding carboxylic acids is 1. The number of rotatable bonds is 5. The summed E-state index contributed by atoms with van der Waals surface area (Å²) < 4.78 is 7.37. The molecule has 0 radical (unpaired) electrons. The molecule has 2 aromatic carbocycles. The van der Waals surface area contributed by atoms with Gasteiger partial charge in [-0.2, -0.15) is 10.1 Å². The van der Waals surface area contributed by atoms with Gasteiger partial charge in [0.2, 0.25) is 0 Å².